The summed E-state index contributed by atoms with van der Waals surface area (Å²) < 4.78 is 5.08. The maximum atomic E-state index is 12.0. The largest absolute Gasteiger partial charge is 0.402 e. The fourth-order valence-electron chi connectivity index (χ4n) is 2.32. The molecule has 26 heavy (non-hydrogen) atoms. The average molecular weight is 353 g/mol. The number of non-ortho nitro benzene ring substituents is 1. The number of rotatable bonds is 4. The minimum Gasteiger partial charge on any atom is -0.402 e. The van der Waals surface area contributed by atoms with E-state index in [1.54, 1.807) is 19.1 Å². The molecule has 3 rings (SSSR count). The molecule has 1 aliphatic rings. The number of benzene rings is 2. The summed E-state index contributed by atoms with van der Waals surface area (Å²) >= 11 is 0. The van der Waals surface area contributed by atoms with E-state index in [0.29, 0.717) is 16.7 Å². The predicted octanol–water partition coefficient (Wildman–Crippen LogP) is 3.16. The highest BCUT2D eigenvalue weighted by Gasteiger charge is 2.25. The van der Waals surface area contributed by atoms with Crippen LogP contribution in [0.15, 0.2) is 53.2 Å². The highest BCUT2D eigenvalue weighted by Crippen LogP contribution is 2.24. The van der Waals surface area contributed by atoms with Crippen LogP contribution in [0.25, 0.3) is 6.08 Å². The Bertz CT molecular complexity index is 992. The molecule has 9 nitrogen and oxygen atoms in total. The molecule has 2 aromatic carbocycles. The van der Waals surface area contributed by atoms with Crippen LogP contribution in [0.2, 0.25) is 0 Å². The van der Waals surface area contributed by atoms with Crippen molar-refractivity contribution in [3.63, 3.8) is 0 Å². The molecule has 130 valence electrons. The van der Waals surface area contributed by atoms with Crippen LogP contribution in [0.5, 0.6) is 0 Å². The number of aryl methyl sites for hydroxylation is 1. The second kappa shape index (κ2) is 6.55. The first-order chi connectivity index (χ1) is 12.3. The first-order valence-electron chi connectivity index (χ1n) is 7.37. The van der Waals surface area contributed by atoms with Crippen molar-refractivity contribution in [2.75, 3.05) is 0 Å². The lowest BCUT2D eigenvalue weighted by atomic mass is 10.1. The Balaban J connectivity index is 1.93. The number of hydrogen-bond acceptors (Lipinski definition) is 7. The molecule has 1 heterocycles. The topological polar surface area (TPSA) is 125 Å². The van der Waals surface area contributed by atoms with Crippen LogP contribution >= 0.6 is 0 Å². The molecule has 0 fully saturated rings. The van der Waals surface area contributed by atoms with Crippen LogP contribution in [0.3, 0.4) is 0 Å². The number of nitro groups is 2. The summed E-state index contributed by atoms with van der Waals surface area (Å²) in [6.45, 7) is 1.60. The number of carbonyl (C=O) groups excluding carboxylic acids is 1. The van der Waals surface area contributed by atoms with Crippen LogP contribution in [-0.4, -0.2) is 21.7 Å². The normalized spacial score (nSPS) is 14.9. The fourth-order valence-corrected chi connectivity index (χ4v) is 2.32. The summed E-state index contributed by atoms with van der Waals surface area (Å²) in [5.41, 5.74) is 1.14. The van der Waals surface area contributed by atoms with E-state index in [1.165, 1.54) is 36.4 Å². The smallest absolute Gasteiger partial charge is 0.363 e. The van der Waals surface area contributed by atoms with Gasteiger partial charge in [0.25, 0.3) is 11.4 Å². The maximum Gasteiger partial charge on any atom is 0.363 e. The summed E-state index contributed by atoms with van der Waals surface area (Å²) in [4.78, 5) is 36.7. The molecule has 0 atom stereocenters. The third kappa shape index (κ3) is 3.31. The Morgan fingerprint density at radius 2 is 1.73 bits per heavy atom. The summed E-state index contributed by atoms with van der Waals surface area (Å²) in [6.07, 6.45) is 1.42. The average Bonchev–Trinajstić information content (AvgIpc) is 2.96. The molecule has 0 bridgehead atoms. The second-order valence-corrected chi connectivity index (χ2v) is 5.44. The van der Waals surface area contributed by atoms with Crippen molar-refractivity contribution in [3.8, 4) is 0 Å². The monoisotopic (exact) mass is 353 g/mol. The van der Waals surface area contributed by atoms with Gasteiger partial charge in [-0.3, -0.25) is 20.2 Å². The van der Waals surface area contributed by atoms with E-state index in [0.717, 1.165) is 0 Å². The Morgan fingerprint density at radius 3 is 2.35 bits per heavy atom. The zero-order valence-corrected chi connectivity index (χ0v) is 13.4. The molecule has 0 unspecified atom stereocenters. The first-order valence-corrected chi connectivity index (χ1v) is 7.37. The number of aliphatic imine (C=N–C) groups is 1. The molecule has 0 spiro atoms. The van der Waals surface area contributed by atoms with Gasteiger partial charge >= 0.3 is 5.97 Å². The summed E-state index contributed by atoms with van der Waals surface area (Å²) in [7, 11) is 0. The van der Waals surface area contributed by atoms with Crippen molar-refractivity contribution >= 4 is 29.3 Å². The number of hydrogen-bond donors (Lipinski definition) is 0. The number of ether oxygens (including phenoxy) is 1. The highest BCUT2D eigenvalue weighted by atomic mass is 16.6. The number of nitro benzene ring substituents is 2. The SMILES string of the molecule is Cc1ccc(C2=N/C(=C/c3ccc([N+](=O)[O-])cc3)C(=O)O2)cc1[N+](=O)[O-]. The van der Waals surface area contributed by atoms with E-state index in [-0.39, 0.29) is 23.0 Å². The number of carbonyl (C=O) groups is 1. The zero-order valence-electron chi connectivity index (χ0n) is 13.4. The predicted molar refractivity (Wildman–Crippen MR) is 91.5 cm³/mol. The third-order valence-corrected chi connectivity index (χ3v) is 3.68. The summed E-state index contributed by atoms with van der Waals surface area (Å²) in [6, 6.07) is 9.97. The van der Waals surface area contributed by atoms with E-state index < -0.39 is 15.8 Å². The molecule has 0 radical (unpaired) electrons. The number of cyclic esters (lactones) is 1. The van der Waals surface area contributed by atoms with Crippen LogP contribution < -0.4 is 0 Å². The molecule has 0 N–H and O–H groups in total. The van der Waals surface area contributed by atoms with Gasteiger partial charge in [-0.2, -0.15) is 0 Å². The lowest BCUT2D eigenvalue weighted by Crippen LogP contribution is -2.06. The lowest BCUT2D eigenvalue weighted by molar-refractivity contribution is -0.385. The van der Waals surface area contributed by atoms with Gasteiger partial charge in [0, 0.05) is 29.3 Å². The Kier molecular flexibility index (Phi) is 4.27. The minimum atomic E-state index is -0.707. The molecule has 0 saturated heterocycles. The van der Waals surface area contributed by atoms with Gasteiger partial charge in [0.05, 0.1) is 9.85 Å². The first kappa shape index (κ1) is 17.0. The van der Waals surface area contributed by atoms with Crippen LogP contribution in [0.1, 0.15) is 16.7 Å². The van der Waals surface area contributed by atoms with E-state index >= 15 is 0 Å². The van der Waals surface area contributed by atoms with Crippen molar-refractivity contribution in [2.45, 2.75) is 6.92 Å². The fraction of sp³-hybridized carbons (Fsp3) is 0.0588. The third-order valence-electron chi connectivity index (χ3n) is 3.68. The van der Waals surface area contributed by atoms with Gasteiger partial charge in [-0.25, -0.2) is 9.79 Å². The molecule has 0 aliphatic carbocycles. The summed E-state index contributed by atoms with van der Waals surface area (Å²) in [5, 5.41) is 21.7. The van der Waals surface area contributed by atoms with Gasteiger partial charge in [0.15, 0.2) is 5.70 Å². The van der Waals surface area contributed by atoms with Gasteiger partial charge in [-0.05, 0) is 36.8 Å². The molecule has 0 aromatic heterocycles. The molecular formula is C17H11N3O6. The minimum absolute atomic E-state index is 0.00270. The molecule has 0 amide bonds. The van der Waals surface area contributed by atoms with Gasteiger partial charge in [-0.15, -0.1) is 0 Å². The van der Waals surface area contributed by atoms with Crippen LogP contribution in [-0.2, 0) is 9.53 Å². The van der Waals surface area contributed by atoms with E-state index in [2.05, 4.69) is 4.99 Å². The molecular weight excluding hydrogens is 342 g/mol. The second-order valence-electron chi connectivity index (χ2n) is 5.44. The zero-order chi connectivity index (χ0) is 18.8. The molecule has 0 saturated carbocycles. The van der Waals surface area contributed by atoms with Gasteiger partial charge < -0.3 is 4.74 Å². The Hall–Kier alpha value is -3.88. The van der Waals surface area contributed by atoms with Crippen molar-refractivity contribution in [1.29, 1.82) is 0 Å². The molecule has 9 heteroatoms. The van der Waals surface area contributed by atoms with Crippen molar-refractivity contribution in [1.82, 2.24) is 0 Å². The van der Waals surface area contributed by atoms with E-state index in [9.17, 15) is 25.0 Å². The molecule has 2 aromatic rings. The van der Waals surface area contributed by atoms with E-state index in [1.807, 2.05) is 0 Å². The quantitative estimate of drug-likeness (QED) is 0.360. The summed E-state index contributed by atoms with van der Waals surface area (Å²) in [5.74, 6) is -0.743. The van der Waals surface area contributed by atoms with Gasteiger partial charge in [-0.1, -0.05) is 6.07 Å². The number of nitrogens with zero attached hydrogens (tertiary/aromatic N) is 3. The van der Waals surface area contributed by atoms with E-state index in [4.69, 9.17) is 4.74 Å². The van der Waals surface area contributed by atoms with Crippen molar-refractivity contribution < 1.29 is 19.4 Å². The molecule has 1 aliphatic heterocycles. The van der Waals surface area contributed by atoms with Crippen LogP contribution in [0.4, 0.5) is 11.4 Å². The lowest BCUT2D eigenvalue weighted by Gasteiger charge is -2.01. The van der Waals surface area contributed by atoms with Crippen molar-refractivity contribution in [2.24, 2.45) is 4.99 Å². The Morgan fingerprint density at radius 1 is 1.04 bits per heavy atom. The van der Waals surface area contributed by atoms with Gasteiger partial charge in [0.2, 0.25) is 5.90 Å². The Labute approximate surface area is 146 Å². The number of esters is 1. The van der Waals surface area contributed by atoms with Crippen LogP contribution in [0, 0.1) is 27.2 Å². The van der Waals surface area contributed by atoms with Crippen molar-refractivity contribution in [3.05, 3.63) is 85.1 Å². The standard InChI is InChI=1S/C17H11N3O6/c1-10-2-5-12(9-15(10)20(24)25)16-18-14(17(21)26-16)8-11-3-6-13(7-4-11)19(22)23/h2-9H,1H3/b14-8+. The maximum absolute atomic E-state index is 12.0. The highest BCUT2D eigenvalue weighted by molar-refractivity contribution is 6.13. The van der Waals surface area contributed by atoms with Gasteiger partial charge in [0.1, 0.15) is 0 Å².